The molecular weight excluding hydrogens is 320 g/mol. The van der Waals surface area contributed by atoms with E-state index in [4.69, 9.17) is 4.74 Å². The maximum Gasteiger partial charge on any atom is 0.222 e. The van der Waals surface area contributed by atoms with Crippen molar-refractivity contribution in [3.05, 3.63) is 36.5 Å². The summed E-state index contributed by atoms with van der Waals surface area (Å²) in [6.07, 6.45) is 4.24. The van der Waals surface area contributed by atoms with Crippen LogP contribution in [0.3, 0.4) is 0 Å². The van der Waals surface area contributed by atoms with Gasteiger partial charge in [0, 0.05) is 33.6 Å². The third-order valence-corrected chi connectivity index (χ3v) is 4.21. The maximum absolute atomic E-state index is 12.5. The van der Waals surface area contributed by atoms with Crippen molar-refractivity contribution in [2.45, 2.75) is 25.5 Å². The Morgan fingerprint density at radius 3 is 3.04 bits per heavy atom. The number of hydrogen-bond acceptors (Lipinski definition) is 6. The first kappa shape index (κ1) is 17.3. The molecule has 0 saturated carbocycles. The minimum Gasteiger partial charge on any atom is -0.368 e. The molecule has 8 heteroatoms. The minimum absolute atomic E-state index is 0.150. The first-order chi connectivity index (χ1) is 12.1. The van der Waals surface area contributed by atoms with Gasteiger partial charge in [-0.25, -0.2) is 9.97 Å². The lowest BCUT2D eigenvalue weighted by Gasteiger charge is -2.33. The van der Waals surface area contributed by atoms with E-state index in [1.807, 2.05) is 42.1 Å². The summed E-state index contributed by atoms with van der Waals surface area (Å²) in [6, 6.07) is 5.88. The number of hydrogen-bond donors (Lipinski definition) is 0. The second-order valence-corrected chi connectivity index (χ2v) is 6.28. The molecule has 0 aromatic carbocycles. The number of morpholine rings is 1. The average Bonchev–Trinajstić information content (AvgIpc) is 3.15. The van der Waals surface area contributed by atoms with E-state index in [1.165, 1.54) is 6.33 Å². The van der Waals surface area contributed by atoms with Crippen LogP contribution in [0.4, 0.5) is 5.82 Å². The zero-order valence-corrected chi connectivity index (χ0v) is 14.7. The molecule has 2 aromatic heterocycles. The summed E-state index contributed by atoms with van der Waals surface area (Å²) in [6.45, 7) is 2.41. The van der Waals surface area contributed by atoms with Crippen LogP contribution in [-0.2, 0) is 16.1 Å². The van der Waals surface area contributed by atoms with Crippen molar-refractivity contribution in [1.82, 2.24) is 24.6 Å². The van der Waals surface area contributed by atoms with Crippen molar-refractivity contribution in [3.8, 4) is 0 Å². The van der Waals surface area contributed by atoms with E-state index in [0.29, 0.717) is 32.7 Å². The standard InChI is InChI=1S/C17H24N6O2/c1-21(2)16-6-3-5-14(20-16)15-11-22(9-10-25-15)17(24)7-4-8-23-13-18-12-19-23/h3,5-6,12-13,15H,4,7-11H2,1-2H3/t15-/m0/s1. The molecule has 3 heterocycles. The SMILES string of the molecule is CN(C)c1cccc([C@@H]2CN(C(=O)CCCn3cncn3)CCO2)n1. The highest BCUT2D eigenvalue weighted by molar-refractivity contribution is 5.76. The summed E-state index contributed by atoms with van der Waals surface area (Å²) in [7, 11) is 3.91. The molecule has 2 aromatic rings. The van der Waals surface area contributed by atoms with Crippen LogP contribution in [0.25, 0.3) is 0 Å². The molecule has 3 rings (SSSR count). The van der Waals surface area contributed by atoms with E-state index in [1.54, 1.807) is 11.0 Å². The predicted octanol–water partition coefficient (Wildman–Crippen LogP) is 1.12. The van der Waals surface area contributed by atoms with Gasteiger partial charge in [0.25, 0.3) is 0 Å². The first-order valence-corrected chi connectivity index (χ1v) is 8.49. The van der Waals surface area contributed by atoms with E-state index in [2.05, 4.69) is 15.1 Å². The Labute approximate surface area is 147 Å². The zero-order valence-electron chi connectivity index (χ0n) is 14.7. The van der Waals surface area contributed by atoms with Gasteiger partial charge in [0.15, 0.2) is 0 Å². The second-order valence-electron chi connectivity index (χ2n) is 6.28. The summed E-state index contributed by atoms with van der Waals surface area (Å²) in [4.78, 5) is 24.8. The van der Waals surface area contributed by atoms with Crippen molar-refractivity contribution in [3.63, 3.8) is 0 Å². The van der Waals surface area contributed by atoms with Gasteiger partial charge in [-0.15, -0.1) is 0 Å². The number of pyridine rings is 1. The van der Waals surface area contributed by atoms with Gasteiger partial charge < -0.3 is 14.5 Å². The van der Waals surface area contributed by atoms with Crippen molar-refractivity contribution in [2.24, 2.45) is 0 Å². The predicted molar refractivity (Wildman–Crippen MR) is 93.1 cm³/mol. The van der Waals surface area contributed by atoms with E-state index in [9.17, 15) is 4.79 Å². The van der Waals surface area contributed by atoms with Crippen LogP contribution in [-0.4, -0.2) is 64.3 Å². The Kier molecular flexibility index (Phi) is 5.60. The Morgan fingerprint density at radius 2 is 2.28 bits per heavy atom. The molecule has 0 bridgehead atoms. The third kappa shape index (κ3) is 4.54. The smallest absolute Gasteiger partial charge is 0.222 e. The molecule has 0 spiro atoms. The van der Waals surface area contributed by atoms with Gasteiger partial charge in [-0.05, 0) is 18.6 Å². The Bertz CT molecular complexity index is 688. The molecule has 25 heavy (non-hydrogen) atoms. The topological polar surface area (TPSA) is 76.4 Å². The first-order valence-electron chi connectivity index (χ1n) is 8.49. The molecule has 0 radical (unpaired) electrons. The number of amides is 1. The molecule has 1 atom stereocenters. The van der Waals surface area contributed by atoms with Gasteiger partial charge in [0.1, 0.15) is 24.6 Å². The fraction of sp³-hybridized carbons (Fsp3) is 0.529. The van der Waals surface area contributed by atoms with Crippen molar-refractivity contribution in [1.29, 1.82) is 0 Å². The molecule has 1 fully saturated rings. The highest BCUT2D eigenvalue weighted by atomic mass is 16.5. The quantitative estimate of drug-likeness (QED) is 0.782. The van der Waals surface area contributed by atoms with Gasteiger partial charge >= 0.3 is 0 Å². The summed E-state index contributed by atoms with van der Waals surface area (Å²) < 4.78 is 7.59. The second kappa shape index (κ2) is 8.06. The zero-order chi connectivity index (χ0) is 17.6. The number of rotatable bonds is 6. The van der Waals surface area contributed by atoms with Crippen LogP contribution in [0.15, 0.2) is 30.9 Å². The van der Waals surface area contributed by atoms with E-state index in [-0.39, 0.29) is 12.0 Å². The van der Waals surface area contributed by atoms with Gasteiger partial charge in [-0.1, -0.05) is 6.07 Å². The molecule has 0 unspecified atom stereocenters. The molecule has 8 nitrogen and oxygen atoms in total. The highest BCUT2D eigenvalue weighted by Crippen LogP contribution is 2.23. The third-order valence-electron chi connectivity index (χ3n) is 4.21. The number of ether oxygens (including phenoxy) is 1. The van der Waals surface area contributed by atoms with Crippen molar-refractivity contribution >= 4 is 11.7 Å². The van der Waals surface area contributed by atoms with Crippen LogP contribution < -0.4 is 4.90 Å². The molecule has 1 aliphatic heterocycles. The van der Waals surface area contributed by atoms with Crippen LogP contribution in [0.2, 0.25) is 0 Å². The molecule has 1 saturated heterocycles. The number of carbonyl (C=O) groups is 1. The molecule has 1 aliphatic rings. The van der Waals surface area contributed by atoms with Crippen LogP contribution in [0.5, 0.6) is 0 Å². The molecule has 0 aliphatic carbocycles. The number of carbonyl (C=O) groups excluding carboxylic acids is 1. The fourth-order valence-electron chi connectivity index (χ4n) is 2.82. The van der Waals surface area contributed by atoms with Gasteiger partial charge in [0.2, 0.25) is 5.91 Å². The van der Waals surface area contributed by atoms with Gasteiger partial charge in [-0.3, -0.25) is 9.48 Å². The molecule has 0 N–H and O–H groups in total. The number of aromatic nitrogens is 4. The highest BCUT2D eigenvalue weighted by Gasteiger charge is 2.26. The average molecular weight is 344 g/mol. The van der Waals surface area contributed by atoms with E-state index >= 15 is 0 Å². The van der Waals surface area contributed by atoms with Crippen molar-refractivity contribution < 1.29 is 9.53 Å². The Balaban J connectivity index is 1.55. The maximum atomic E-state index is 12.5. The number of nitrogens with zero attached hydrogens (tertiary/aromatic N) is 6. The van der Waals surface area contributed by atoms with Crippen LogP contribution >= 0.6 is 0 Å². The normalized spacial score (nSPS) is 17.5. The lowest BCUT2D eigenvalue weighted by atomic mass is 10.1. The number of aryl methyl sites for hydroxylation is 1. The molecule has 134 valence electrons. The summed E-state index contributed by atoms with van der Waals surface area (Å²) in [5.74, 6) is 1.04. The largest absolute Gasteiger partial charge is 0.368 e. The van der Waals surface area contributed by atoms with Crippen LogP contribution in [0, 0.1) is 0 Å². The van der Waals surface area contributed by atoms with Crippen molar-refractivity contribution in [2.75, 3.05) is 38.7 Å². The molecule has 1 amide bonds. The summed E-state index contributed by atoms with van der Waals surface area (Å²) in [5, 5.41) is 4.05. The monoisotopic (exact) mass is 344 g/mol. The van der Waals surface area contributed by atoms with Crippen LogP contribution in [0.1, 0.15) is 24.6 Å². The fourth-order valence-corrected chi connectivity index (χ4v) is 2.82. The van der Waals surface area contributed by atoms with Gasteiger partial charge in [-0.2, -0.15) is 5.10 Å². The molecular formula is C17H24N6O2. The van der Waals surface area contributed by atoms with E-state index in [0.717, 1.165) is 17.9 Å². The summed E-state index contributed by atoms with van der Waals surface area (Å²) in [5.41, 5.74) is 0.867. The van der Waals surface area contributed by atoms with Gasteiger partial charge in [0.05, 0.1) is 18.8 Å². The van der Waals surface area contributed by atoms with E-state index < -0.39 is 0 Å². The summed E-state index contributed by atoms with van der Waals surface area (Å²) >= 11 is 0. The lowest BCUT2D eigenvalue weighted by molar-refractivity contribution is -0.139. The Morgan fingerprint density at radius 1 is 1.40 bits per heavy atom. The number of anilines is 1. The Hall–Kier alpha value is -2.48. The lowest BCUT2D eigenvalue weighted by Crippen LogP contribution is -2.42. The minimum atomic E-state index is -0.173.